The summed E-state index contributed by atoms with van der Waals surface area (Å²) in [5.74, 6) is -0.491. The van der Waals surface area contributed by atoms with E-state index in [-0.39, 0.29) is 70.3 Å². The molecule has 0 radical (unpaired) electrons. The predicted molar refractivity (Wildman–Crippen MR) is 67.4 cm³/mol. The van der Waals surface area contributed by atoms with Gasteiger partial charge < -0.3 is 9.29 Å². The Morgan fingerprint density at radius 2 is 1.90 bits per heavy atom. The number of hydrogen-bond donors (Lipinski definition) is 0. The summed E-state index contributed by atoms with van der Waals surface area (Å²) < 4.78 is 38.5. The molecule has 0 bridgehead atoms. The van der Waals surface area contributed by atoms with Gasteiger partial charge in [-0.25, -0.2) is 8.42 Å². The summed E-state index contributed by atoms with van der Waals surface area (Å²) >= 11 is 0. The number of Topliss-reactive ketones (excluding diaryl/α,β-unsaturated/α-hetero) is 1. The van der Waals surface area contributed by atoms with Gasteiger partial charge in [-0.1, -0.05) is 30.3 Å². The number of ketones is 1. The molecule has 1 aromatic rings. The monoisotopic (exact) mass is 322 g/mol. The fourth-order valence-electron chi connectivity index (χ4n) is 2.17. The first-order chi connectivity index (χ1) is 8.97. The molecule has 0 aliphatic heterocycles. The first-order valence-corrected chi connectivity index (χ1v) is 7.57. The summed E-state index contributed by atoms with van der Waals surface area (Å²) in [6, 6.07) is 9.45. The van der Waals surface area contributed by atoms with Gasteiger partial charge in [0, 0.05) is 6.42 Å². The van der Waals surface area contributed by atoms with E-state index in [1.54, 1.807) is 0 Å². The molecule has 0 saturated heterocycles. The summed E-state index contributed by atoms with van der Waals surface area (Å²) in [7, 11) is -4.57. The van der Waals surface area contributed by atoms with Gasteiger partial charge in [-0.3, -0.25) is 4.79 Å². The van der Waals surface area contributed by atoms with Gasteiger partial charge in [-0.15, -0.1) is 0 Å². The third-order valence-electron chi connectivity index (χ3n) is 3.23. The van der Waals surface area contributed by atoms with Gasteiger partial charge in [-0.05, 0) is 18.4 Å². The normalized spacial score (nSPS) is 23.1. The van der Waals surface area contributed by atoms with Crippen LogP contribution in [0.3, 0.4) is 0 Å². The average Bonchev–Trinajstić information content (AvgIpc) is 2.37. The van der Waals surface area contributed by atoms with Crippen LogP contribution >= 0.6 is 0 Å². The molecular weight excluding hydrogens is 307 g/mol. The fraction of sp³-hybridized carbons (Fsp3) is 0.462. The fourth-order valence-corrected chi connectivity index (χ4v) is 3.06. The summed E-state index contributed by atoms with van der Waals surface area (Å²) in [5, 5.41) is -1.44. The molecular formula is C13H15KO5S. The molecule has 5 nitrogen and oxygen atoms in total. The smallest absolute Gasteiger partial charge is 0.747 e. The van der Waals surface area contributed by atoms with Crippen LogP contribution in [0.4, 0.5) is 0 Å². The van der Waals surface area contributed by atoms with Crippen molar-refractivity contribution in [2.24, 2.45) is 0 Å². The van der Waals surface area contributed by atoms with Crippen molar-refractivity contribution in [1.29, 1.82) is 0 Å². The molecule has 104 valence electrons. The number of benzene rings is 1. The SMILES string of the molecule is O=C1CCC(OCc2ccccc2)CC1S(=O)(=O)[O-].[K+]. The molecule has 1 fully saturated rings. The standard InChI is InChI=1S/C13H16O5S.K/c14-12-7-6-11(8-13(12)19(15,16)17)18-9-10-4-2-1-3-5-10;/h1-5,11,13H,6-9H2,(H,15,16,17);/q;+1/p-1. The Morgan fingerprint density at radius 1 is 1.25 bits per heavy atom. The van der Waals surface area contributed by atoms with Crippen LogP contribution in [0, 0.1) is 0 Å². The number of carbonyl (C=O) groups excluding carboxylic acids is 1. The van der Waals surface area contributed by atoms with E-state index in [1.165, 1.54) is 0 Å². The molecule has 7 heteroatoms. The van der Waals surface area contributed by atoms with E-state index < -0.39 is 21.2 Å². The van der Waals surface area contributed by atoms with Crippen LogP contribution in [0.15, 0.2) is 30.3 Å². The maximum absolute atomic E-state index is 11.4. The third-order valence-corrected chi connectivity index (χ3v) is 4.38. The second kappa shape index (κ2) is 8.14. The molecule has 0 aromatic heterocycles. The van der Waals surface area contributed by atoms with Gasteiger partial charge in [-0.2, -0.15) is 0 Å². The number of ether oxygens (including phenoxy) is 1. The molecule has 1 aliphatic carbocycles. The van der Waals surface area contributed by atoms with Crippen molar-refractivity contribution in [2.75, 3.05) is 0 Å². The van der Waals surface area contributed by atoms with Gasteiger partial charge in [0.15, 0.2) is 0 Å². The molecule has 2 atom stereocenters. The van der Waals surface area contributed by atoms with E-state index in [0.29, 0.717) is 13.0 Å². The molecule has 0 N–H and O–H groups in total. The second-order valence-electron chi connectivity index (χ2n) is 4.64. The zero-order valence-electron chi connectivity index (χ0n) is 11.3. The zero-order chi connectivity index (χ0) is 13.9. The molecule has 0 heterocycles. The van der Waals surface area contributed by atoms with E-state index in [2.05, 4.69) is 0 Å². The molecule has 2 rings (SSSR count). The topological polar surface area (TPSA) is 83.5 Å². The zero-order valence-corrected chi connectivity index (χ0v) is 15.3. The molecule has 0 amide bonds. The summed E-state index contributed by atoms with van der Waals surface area (Å²) in [6.45, 7) is 0.353. The maximum Gasteiger partial charge on any atom is 1.00 e. The molecule has 1 saturated carbocycles. The van der Waals surface area contributed by atoms with Gasteiger partial charge in [0.1, 0.15) is 21.2 Å². The largest absolute Gasteiger partial charge is 1.00 e. The summed E-state index contributed by atoms with van der Waals surface area (Å²) in [6.07, 6.45) is 0.174. The van der Waals surface area contributed by atoms with E-state index in [0.717, 1.165) is 5.56 Å². The molecule has 20 heavy (non-hydrogen) atoms. The van der Waals surface area contributed by atoms with Crippen molar-refractivity contribution in [3.63, 3.8) is 0 Å². The Labute approximate surface area is 161 Å². The van der Waals surface area contributed by atoms with Crippen LogP contribution < -0.4 is 51.4 Å². The molecule has 0 spiro atoms. The van der Waals surface area contributed by atoms with Crippen LogP contribution in [0.2, 0.25) is 0 Å². The quantitative estimate of drug-likeness (QED) is 0.484. The first-order valence-electron chi connectivity index (χ1n) is 6.10. The van der Waals surface area contributed by atoms with Crippen molar-refractivity contribution in [3.8, 4) is 0 Å². The van der Waals surface area contributed by atoms with Crippen LogP contribution in [0.1, 0.15) is 24.8 Å². The van der Waals surface area contributed by atoms with E-state index in [9.17, 15) is 17.8 Å². The van der Waals surface area contributed by atoms with Gasteiger partial charge in [0.2, 0.25) is 0 Å². The van der Waals surface area contributed by atoms with Crippen molar-refractivity contribution < 1.29 is 73.9 Å². The number of hydrogen-bond acceptors (Lipinski definition) is 5. The third kappa shape index (κ3) is 5.30. The Balaban J connectivity index is 0.00000200. The van der Waals surface area contributed by atoms with Crippen molar-refractivity contribution >= 4 is 15.9 Å². The Kier molecular flexibility index (Phi) is 7.51. The Morgan fingerprint density at radius 3 is 2.50 bits per heavy atom. The molecule has 1 aliphatic rings. The van der Waals surface area contributed by atoms with E-state index in [1.807, 2.05) is 30.3 Å². The van der Waals surface area contributed by atoms with Gasteiger partial charge in [0.05, 0.1) is 12.7 Å². The van der Waals surface area contributed by atoms with E-state index in [4.69, 9.17) is 4.74 Å². The van der Waals surface area contributed by atoms with Crippen LogP contribution in [0.25, 0.3) is 0 Å². The molecule has 1 aromatic carbocycles. The van der Waals surface area contributed by atoms with Crippen molar-refractivity contribution in [2.45, 2.75) is 37.2 Å². The van der Waals surface area contributed by atoms with Crippen molar-refractivity contribution in [1.82, 2.24) is 0 Å². The molecule has 2 unspecified atom stereocenters. The Hall–Kier alpha value is 0.396. The minimum atomic E-state index is -4.57. The maximum atomic E-state index is 11.4. The van der Waals surface area contributed by atoms with Gasteiger partial charge >= 0.3 is 51.4 Å². The number of carbonyl (C=O) groups is 1. The first kappa shape index (κ1) is 18.4. The predicted octanol–water partition coefficient (Wildman–Crippen LogP) is -1.76. The van der Waals surface area contributed by atoms with Crippen LogP contribution in [-0.4, -0.2) is 30.1 Å². The van der Waals surface area contributed by atoms with Gasteiger partial charge in [0.25, 0.3) is 0 Å². The minimum absolute atomic E-state index is 0. The summed E-state index contributed by atoms with van der Waals surface area (Å²) in [4.78, 5) is 11.4. The van der Waals surface area contributed by atoms with Crippen LogP contribution in [-0.2, 0) is 26.3 Å². The Bertz CT molecular complexity index is 543. The second-order valence-corrected chi connectivity index (χ2v) is 6.20. The minimum Gasteiger partial charge on any atom is -0.747 e. The van der Waals surface area contributed by atoms with E-state index >= 15 is 0 Å². The number of rotatable bonds is 4. The van der Waals surface area contributed by atoms with Crippen molar-refractivity contribution in [3.05, 3.63) is 35.9 Å². The van der Waals surface area contributed by atoms with Crippen LogP contribution in [0.5, 0.6) is 0 Å². The summed E-state index contributed by atoms with van der Waals surface area (Å²) in [5.41, 5.74) is 0.973. The average molecular weight is 322 g/mol.